The SMILES string of the molecule is COc1ccc(N2CC(C(=O)Nc3cc(Br)c[nH]c3=O)CC2=O)cc1OC. The van der Waals surface area contributed by atoms with Gasteiger partial charge in [0, 0.05) is 35.4 Å². The molecule has 2 amide bonds. The third kappa shape index (κ3) is 3.97. The molecule has 0 saturated carbocycles. The molecule has 2 aromatic rings. The second-order valence-corrected chi connectivity index (χ2v) is 6.91. The lowest BCUT2D eigenvalue weighted by atomic mass is 10.1. The molecule has 1 atom stereocenters. The largest absolute Gasteiger partial charge is 0.493 e. The standard InChI is InChI=1S/C18H18BrN3O5/c1-26-14-4-3-12(7-15(14)27-2)22-9-10(5-16(22)23)17(24)21-13-6-11(19)8-20-18(13)25/h3-4,6-8,10H,5,9H2,1-2H3,(H,20,25)(H,21,24). The molecule has 1 aliphatic rings. The van der Waals surface area contributed by atoms with E-state index >= 15 is 0 Å². The lowest BCUT2D eigenvalue weighted by molar-refractivity contribution is -0.122. The summed E-state index contributed by atoms with van der Waals surface area (Å²) in [6, 6.07) is 6.64. The number of hydrogen-bond donors (Lipinski definition) is 2. The smallest absolute Gasteiger partial charge is 0.271 e. The number of methoxy groups -OCH3 is 2. The molecule has 8 nitrogen and oxygen atoms in total. The zero-order valence-corrected chi connectivity index (χ0v) is 16.3. The Morgan fingerprint density at radius 2 is 1.96 bits per heavy atom. The van der Waals surface area contributed by atoms with Gasteiger partial charge in [0.15, 0.2) is 11.5 Å². The molecule has 0 bridgehead atoms. The topological polar surface area (TPSA) is 101 Å². The molecule has 1 fully saturated rings. The van der Waals surface area contributed by atoms with Gasteiger partial charge in [0.05, 0.1) is 20.1 Å². The number of aromatic amines is 1. The fraction of sp³-hybridized carbons (Fsp3) is 0.278. The maximum atomic E-state index is 12.5. The van der Waals surface area contributed by atoms with E-state index in [4.69, 9.17) is 9.47 Å². The number of nitrogens with zero attached hydrogens (tertiary/aromatic N) is 1. The highest BCUT2D eigenvalue weighted by Crippen LogP contribution is 2.34. The number of aromatic nitrogens is 1. The number of halogens is 1. The Morgan fingerprint density at radius 3 is 2.67 bits per heavy atom. The molecule has 2 heterocycles. The van der Waals surface area contributed by atoms with Crippen LogP contribution in [-0.4, -0.2) is 37.6 Å². The molecule has 1 aromatic heterocycles. The molecular formula is C18H18BrN3O5. The first-order valence-electron chi connectivity index (χ1n) is 8.14. The molecule has 1 unspecified atom stereocenters. The van der Waals surface area contributed by atoms with Crippen molar-refractivity contribution in [3.8, 4) is 11.5 Å². The van der Waals surface area contributed by atoms with Gasteiger partial charge < -0.3 is 24.7 Å². The number of ether oxygens (including phenoxy) is 2. The van der Waals surface area contributed by atoms with E-state index in [1.54, 1.807) is 18.2 Å². The molecule has 1 aromatic carbocycles. The summed E-state index contributed by atoms with van der Waals surface area (Å²) in [4.78, 5) is 40.8. The summed E-state index contributed by atoms with van der Waals surface area (Å²) < 4.78 is 11.1. The van der Waals surface area contributed by atoms with E-state index in [1.807, 2.05) is 0 Å². The van der Waals surface area contributed by atoms with Gasteiger partial charge in [0.25, 0.3) is 5.56 Å². The second kappa shape index (κ2) is 7.83. The van der Waals surface area contributed by atoms with Crippen molar-refractivity contribution in [3.05, 3.63) is 45.3 Å². The predicted molar refractivity (Wildman–Crippen MR) is 103 cm³/mol. The number of pyridine rings is 1. The predicted octanol–water partition coefficient (Wildman–Crippen LogP) is 2.15. The van der Waals surface area contributed by atoms with E-state index in [9.17, 15) is 14.4 Å². The lowest BCUT2D eigenvalue weighted by Crippen LogP contribution is -2.29. The van der Waals surface area contributed by atoms with E-state index in [1.165, 1.54) is 31.4 Å². The van der Waals surface area contributed by atoms with Crippen molar-refractivity contribution in [2.45, 2.75) is 6.42 Å². The van der Waals surface area contributed by atoms with Crippen LogP contribution in [0.2, 0.25) is 0 Å². The Morgan fingerprint density at radius 1 is 1.22 bits per heavy atom. The van der Waals surface area contributed by atoms with Crippen molar-refractivity contribution in [3.63, 3.8) is 0 Å². The minimum Gasteiger partial charge on any atom is -0.493 e. The van der Waals surface area contributed by atoms with Crippen LogP contribution in [0.5, 0.6) is 11.5 Å². The number of rotatable bonds is 5. The van der Waals surface area contributed by atoms with Gasteiger partial charge in [0.1, 0.15) is 5.69 Å². The van der Waals surface area contributed by atoms with Crippen molar-refractivity contribution in [1.29, 1.82) is 0 Å². The molecule has 9 heteroatoms. The maximum Gasteiger partial charge on any atom is 0.271 e. The monoisotopic (exact) mass is 435 g/mol. The fourth-order valence-corrected chi connectivity index (χ4v) is 3.25. The molecule has 0 aliphatic carbocycles. The van der Waals surface area contributed by atoms with E-state index in [0.29, 0.717) is 21.7 Å². The normalized spacial score (nSPS) is 16.3. The van der Waals surface area contributed by atoms with Crippen LogP contribution < -0.4 is 25.2 Å². The van der Waals surface area contributed by atoms with Crippen molar-refractivity contribution < 1.29 is 19.1 Å². The summed E-state index contributed by atoms with van der Waals surface area (Å²) in [6.07, 6.45) is 1.54. The van der Waals surface area contributed by atoms with Gasteiger partial charge >= 0.3 is 0 Å². The molecule has 0 radical (unpaired) electrons. The minimum absolute atomic E-state index is 0.0616. The Hall–Kier alpha value is -2.81. The molecule has 0 spiro atoms. The first-order chi connectivity index (χ1) is 12.9. The summed E-state index contributed by atoms with van der Waals surface area (Å²) in [7, 11) is 3.04. The minimum atomic E-state index is -0.566. The Balaban J connectivity index is 1.76. The maximum absolute atomic E-state index is 12.5. The third-order valence-electron chi connectivity index (χ3n) is 4.30. The Bertz CT molecular complexity index is 943. The van der Waals surface area contributed by atoms with Crippen LogP contribution in [0.15, 0.2) is 39.7 Å². The number of H-pyrrole nitrogens is 1. The van der Waals surface area contributed by atoms with Gasteiger partial charge in [-0.1, -0.05) is 0 Å². The van der Waals surface area contributed by atoms with Crippen molar-refractivity contribution in [1.82, 2.24) is 4.98 Å². The van der Waals surface area contributed by atoms with Gasteiger partial charge in [-0.25, -0.2) is 0 Å². The van der Waals surface area contributed by atoms with Gasteiger partial charge in [0.2, 0.25) is 11.8 Å². The summed E-state index contributed by atoms with van der Waals surface area (Å²) in [5.41, 5.74) is 0.340. The van der Waals surface area contributed by atoms with Gasteiger partial charge in [-0.05, 0) is 34.1 Å². The van der Waals surface area contributed by atoms with Crippen LogP contribution in [0.1, 0.15) is 6.42 Å². The van der Waals surface area contributed by atoms with Crippen LogP contribution in [0.25, 0.3) is 0 Å². The lowest BCUT2D eigenvalue weighted by Gasteiger charge is -2.18. The summed E-state index contributed by atoms with van der Waals surface area (Å²) in [5.74, 6) is -0.0723. The van der Waals surface area contributed by atoms with Crippen LogP contribution in [0.3, 0.4) is 0 Å². The first-order valence-corrected chi connectivity index (χ1v) is 8.93. The summed E-state index contributed by atoms with van der Waals surface area (Å²) >= 11 is 3.24. The molecule has 2 N–H and O–H groups in total. The average Bonchev–Trinajstić information content (AvgIpc) is 3.06. The van der Waals surface area contributed by atoms with Gasteiger partial charge in [-0.15, -0.1) is 0 Å². The highest BCUT2D eigenvalue weighted by atomic mass is 79.9. The molecule has 1 saturated heterocycles. The molecular weight excluding hydrogens is 418 g/mol. The molecule has 3 rings (SSSR count). The summed E-state index contributed by atoms with van der Waals surface area (Å²) in [5, 5.41) is 2.59. The van der Waals surface area contributed by atoms with Crippen LogP contribution in [0.4, 0.5) is 11.4 Å². The van der Waals surface area contributed by atoms with Crippen molar-refractivity contribution in [2.75, 3.05) is 31.0 Å². The number of carbonyl (C=O) groups excluding carboxylic acids is 2. The van der Waals surface area contributed by atoms with Crippen molar-refractivity contribution in [2.24, 2.45) is 5.92 Å². The van der Waals surface area contributed by atoms with Gasteiger partial charge in [-0.3, -0.25) is 14.4 Å². The molecule has 142 valence electrons. The molecule has 27 heavy (non-hydrogen) atoms. The first kappa shape index (κ1) is 19.0. The zero-order valence-electron chi connectivity index (χ0n) is 14.7. The highest BCUT2D eigenvalue weighted by Gasteiger charge is 2.35. The zero-order chi connectivity index (χ0) is 19.6. The van der Waals surface area contributed by atoms with Crippen LogP contribution in [0, 0.1) is 5.92 Å². The molecule has 1 aliphatic heterocycles. The number of nitrogens with one attached hydrogen (secondary N) is 2. The van der Waals surface area contributed by atoms with Crippen molar-refractivity contribution >= 4 is 39.1 Å². The Labute approximate surface area is 163 Å². The van der Waals surface area contributed by atoms with Gasteiger partial charge in [-0.2, -0.15) is 0 Å². The second-order valence-electron chi connectivity index (χ2n) is 5.99. The Kier molecular flexibility index (Phi) is 5.50. The van der Waals surface area contributed by atoms with Crippen LogP contribution in [-0.2, 0) is 9.59 Å². The number of benzene rings is 1. The number of hydrogen-bond acceptors (Lipinski definition) is 5. The van der Waals surface area contributed by atoms with E-state index in [-0.39, 0.29) is 30.5 Å². The van der Waals surface area contributed by atoms with Crippen LogP contribution >= 0.6 is 15.9 Å². The quantitative estimate of drug-likeness (QED) is 0.748. The van der Waals surface area contributed by atoms with E-state index < -0.39 is 11.5 Å². The third-order valence-corrected chi connectivity index (χ3v) is 4.76. The number of anilines is 2. The van der Waals surface area contributed by atoms with E-state index in [2.05, 4.69) is 26.2 Å². The summed E-state index contributed by atoms with van der Waals surface area (Å²) in [6.45, 7) is 0.214. The number of amides is 2. The fourth-order valence-electron chi connectivity index (χ4n) is 2.91. The number of carbonyl (C=O) groups is 2. The van der Waals surface area contributed by atoms with E-state index in [0.717, 1.165) is 0 Å². The highest BCUT2D eigenvalue weighted by molar-refractivity contribution is 9.10. The average molecular weight is 436 g/mol.